The summed E-state index contributed by atoms with van der Waals surface area (Å²) in [5.41, 5.74) is 8.36. The lowest BCUT2D eigenvalue weighted by molar-refractivity contribution is 0.0951. The van der Waals surface area contributed by atoms with Crippen molar-refractivity contribution in [3.63, 3.8) is 0 Å². The Labute approximate surface area is 109 Å². The summed E-state index contributed by atoms with van der Waals surface area (Å²) in [6.07, 6.45) is 1.68. The summed E-state index contributed by atoms with van der Waals surface area (Å²) in [6, 6.07) is 4.81. The van der Waals surface area contributed by atoms with E-state index in [1.807, 2.05) is 6.92 Å². The van der Waals surface area contributed by atoms with Gasteiger partial charge in [0, 0.05) is 23.5 Å². The number of benzene rings is 1. The number of aromatic nitrogens is 2. The van der Waals surface area contributed by atoms with Gasteiger partial charge in [-0.1, -0.05) is 11.6 Å². The minimum atomic E-state index is -0.257. The molecule has 0 bridgehead atoms. The number of nitrogens with zero attached hydrogens (tertiary/aromatic N) is 1. The van der Waals surface area contributed by atoms with Crippen molar-refractivity contribution in [2.75, 3.05) is 5.73 Å². The van der Waals surface area contributed by atoms with Crippen molar-refractivity contribution in [1.82, 2.24) is 15.5 Å². The van der Waals surface area contributed by atoms with Gasteiger partial charge in [-0.2, -0.15) is 5.10 Å². The molecule has 5 nitrogen and oxygen atoms in total. The molecular weight excluding hydrogens is 252 g/mol. The molecule has 0 aliphatic rings. The molecule has 0 aliphatic heterocycles. The third-order valence-corrected chi connectivity index (χ3v) is 2.94. The number of aryl methyl sites for hydroxylation is 1. The van der Waals surface area contributed by atoms with Crippen molar-refractivity contribution < 1.29 is 4.79 Å². The SMILES string of the molecule is Cc1[nH]ncc1CNC(=O)c1cc(N)ccc1Cl. The Morgan fingerprint density at radius 2 is 2.33 bits per heavy atom. The fourth-order valence-corrected chi connectivity index (χ4v) is 1.74. The minimum Gasteiger partial charge on any atom is -0.399 e. The Kier molecular flexibility index (Phi) is 3.53. The first kappa shape index (κ1) is 12.4. The van der Waals surface area contributed by atoms with Crippen molar-refractivity contribution in [1.29, 1.82) is 0 Å². The molecule has 0 saturated heterocycles. The van der Waals surface area contributed by atoms with E-state index in [1.54, 1.807) is 24.4 Å². The number of nitrogens with one attached hydrogen (secondary N) is 2. The molecule has 1 heterocycles. The van der Waals surface area contributed by atoms with Gasteiger partial charge in [0.2, 0.25) is 0 Å². The third kappa shape index (κ3) is 2.62. The quantitative estimate of drug-likeness (QED) is 0.740. The highest BCUT2D eigenvalue weighted by Gasteiger charge is 2.11. The molecule has 1 aromatic carbocycles. The summed E-state index contributed by atoms with van der Waals surface area (Å²) in [5.74, 6) is -0.257. The van der Waals surface area contributed by atoms with E-state index in [4.69, 9.17) is 17.3 Å². The number of aromatic amines is 1. The molecule has 0 aliphatic carbocycles. The summed E-state index contributed by atoms with van der Waals surface area (Å²) in [5, 5.41) is 9.84. The summed E-state index contributed by atoms with van der Waals surface area (Å²) >= 11 is 5.95. The molecule has 0 saturated carbocycles. The van der Waals surface area contributed by atoms with E-state index in [0.717, 1.165) is 11.3 Å². The van der Waals surface area contributed by atoms with Gasteiger partial charge < -0.3 is 11.1 Å². The van der Waals surface area contributed by atoms with Crippen molar-refractivity contribution in [3.8, 4) is 0 Å². The molecule has 6 heteroatoms. The van der Waals surface area contributed by atoms with Gasteiger partial charge in [0.1, 0.15) is 0 Å². The molecule has 4 N–H and O–H groups in total. The smallest absolute Gasteiger partial charge is 0.253 e. The van der Waals surface area contributed by atoms with Gasteiger partial charge in [0.05, 0.1) is 16.8 Å². The van der Waals surface area contributed by atoms with Crippen LogP contribution in [0.25, 0.3) is 0 Å². The summed E-state index contributed by atoms with van der Waals surface area (Å²) < 4.78 is 0. The van der Waals surface area contributed by atoms with Crippen LogP contribution >= 0.6 is 11.6 Å². The first-order chi connectivity index (χ1) is 8.58. The molecule has 1 amide bonds. The van der Waals surface area contributed by atoms with E-state index in [1.165, 1.54) is 0 Å². The van der Waals surface area contributed by atoms with Gasteiger partial charge in [-0.15, -0.1) is 0 Å². The maximum Gasteiger partial charge on any atom is 0.253 e. The number of hydrogen-bond acceptors (Lipinski definition) is 3. The third-order valence-electron chi connectivity index (χ3n) is 2.61. The number of carbonyl (C=O) groups is 1. The fraction of sp³-hybridized carbons (Fsp3) is 0.167. The maximum absolute atomic E-state index is 11.9. The first-order valence-electron chi connectivity index (χ1n) is 5.40. The Morgan fingerprint density at radius 1 is 1.56 bits per heavy atom. The van der Waals surface area contributed by atoms with Gasteiger partial charge in [0.25, 0.3) is 5.91 Å². The minimum absolute atomic E-state index is 0.257. The van der Waals surface area contributed by atoms with Crippen molar-refractivity contribution >= 4 is 23.2 Å². The molecule has 0 radical (unpaired) electrons. The number of nitrogen functional groups attached to an aromatic ring is 1. The Balaban J connectivity index is 2.08. The lowest BCUT2D eigenvalue weighted by Gasteiger charge is -2.07. The molecule has 0 fully saturated rings. The van der Waals surface area contributed by atoms with Crippen LogP contribution in [0.3, 0.4) is 0 Å². The van der Waals surface area contributed by atoms with Crippen LogP contribution in [-0.4, -0.2) is 16.1 Å². The Bertz CT molecular complexity index is 579. The van der Waals surface area contributed by atoms with Gasteiger partial charge in [-0.05, 0) is 25.1 Å². The highest BCUT2D eigenvalue weighted by Crippen LogP contribution is 2.18. The number of anilines is 1. The van der Waals surface area contributed by atoms with Crippen LogP contribution in [0.5, 0.6) is 0 Å². The monoisotopic (exact) mass is 264 g/mol. The number of rotatable bonds is 3. The number of H-pyrrole nitrogens is 1. The molecule has 0 spiro atoms. The Morgan fingerprint density at radius 3 is 3.00 bits per heavy atom. The standard InChI is InChI=1S/C12H13ClN4O/c1-7-8(6-16-17-7)5-15-12(18)10-4-9(14)2-3-11(10)13/h2-4,6H,5,14H2,1H3,(H,15,18)(H,16,17). The van der Waals surface area contributed by atoms with Crippen molar-refractivity contribution in [2.45, 2.75) is 13.5 Å². The maximum atomic E-state index is 11.9. The topological polar surface area (TPSA) is 83.8 Å². The number of amides is 1. The van der Waals surface area contributed by atoms with Gasteiger partial charge in [-0.25, -0.2) is 0 Å². The second kappa shape index (κ2) is 5.10. The average molecular weight is 265 g/mol. The zero-order valence-electron chi connectivity index (χ0n) is 9.83. The number of nitrogens with two attached hydrogens (primary N) is 1. The van der Waals surface area contributed by atoms with Gasteiger partial charge in [0.15, 0.2) is 0 Å². The molecule has 0 atom stereocenters. The second-order valence-corrected chi connectivity index (χ2v) is 4.35. The summed E-state index contributed by atoms with van der Waals surface area (Å²) in [6.45, 7) is 2.29. The lowest BCUT2D eigenvalue weighted by atomic mass is 10.2. The molecule has 0 unspecified atom stereocenters. The first-order valence-corrected chi connectivity index (χ1v) is 5.78. The highest BCUT2D eigenvalue weighted by atomic mass is 35.5. The number of hydrogen-bond donors (Lipinski definition) is 3. The van der Waals surface area contributed by atoms with Crippen LogP contribution < -0.4 is 11.1 Å². The predicted molar refractivity (Wildman–Crippen MR) is 70.4 cm³/mol. The molecule has 18 heavy (non-hydrogen) atoms. The predicted octanol–water partition coefficient (Wildman–Crippen LogP) is 1.88. The molecule has 94 valence electrons. The highest BCUT2D eigenvalue weighted by molar-refractivity contribution is 6.34. The summed E-state index contributed by atoms with van der Waals surface area (Å²) in [7, 11) is 0. The van der Waals surface area contributed by atoms with Crippen molar-refractivity contribution in [3.05, 3.63) is 46.2 Å². The zero-order chi connectivity index (χ0) is 13.1. The van der Waals surface area contributed by atoms with Crippen LogP contribution in [0, 0.1) is 6.92 Å². The van der Waals surface area contributed by atoms with Crippen LogP contribution in [0.1, 0.15) is 21.6 Å². The zero-order valence-corrected chi connectivity index (χ0v) is 10.6. The molecule has 2 rings (SSSR count). The van der Waals surface area contributed by atoms with Crippen LogP contribution in [0.15, 0.2) is 24.4 Å². The summed E-state index contributed by atoms with van der Waals surface area (Å²) in [4.78, 5) is 11.9. The fourth-order valence-electron chi connectivity index (χ4n) is 1.54. The van der Waals surface area contributed by atoms with E-state index < -0.39 is 0 Å². The lowest BCUT2D eigenvalue weighted by Crippen LogP contribution is -2.23. The normalized spacial score (nSPS) is 10.3. The van der Waals surface area contributed by atoms with E-state index >= 15 is 0 Å². The van der Waals surface area contributed by atoms with E-state index in [0.29, 0.717) is 22.8 Å². The van der Waals surface area contributed by atoms with Crippen LogP contribution in [0.2, 0.25) is 5.02 Å². The average Bonchev–Trinajstić information content (AvgIpc) is 2.75. The Hall–Kier alpha value is -2.01. The van der Waals surface area contributed by atoms with Crippen molar-refractivity contribution in [2.24, 2.45) is 0 Å². The largest absolute Gasteiger partial charge is 0.399 e. The molecule has 1 aromatic heterocycles. The van der Waals surface area contributed by atoms with E-state index in [2.05, 4.69) is 15.5 Å². The second-order valence-electron chi connectivity index (χ2n) is 3.94. The number of halogens is 1. The van der Waals surface area contributed by atoms with E-state index in [9.17, 15) is 4.79 Å². The molecular formula is C12H13ClN4O. The van der Waals surface area contributed by atoms with Gasteiger partial charge in [-0.3, -0.25) is 9.89 Å². The number of carbonyl (C=O) groups excluding carboxylic acids is 1. The van der Waals surface area contributed by atoms with Crippen LogP contribution in [0.4, 0.5) is 5.69 Å². The van der Waals surface area contributed by atoms with Crippen LogP contribution in [-0.2, 0) is 6.54 Å². The molecule has 2 aromatic rings. The van der Waals surface area contributed by atoms with E-state index in [-0.39, 0.29) is 5.91 Å². The van der Waals surface area contributed by atoms with Gasteiger partial charge >= 0.3 is 0 Å².